The van der Waals surface area contributed by atoms with Gasteiger partial charge in [0.2, 0.25) is 0 Å². The molecule has 0 spiro atoms. The second-order valence-corrected chi connectivity index (χ2v) is 8.99. The fourth-order valence-corrected chi connectivity index (χ4v) is 4.90. The third-order valence-corrected chi connectivity index (χ3v) is 6.25. The van der Waals surface area contributed by atoms with Crippen molar-refractivity contribution < 1.29 is 4.74 Å². The van der Waals surface area contributed by atoms with E-state index in [0.29, 0.717) is 16.7 Å². The molecule has 0 saturated heterocycles. The maximum absolute atomic E-state index is 6.39. The molecule has 2 atom stereocenters. The molecule has 0 fully saturated rings. The van der Waals surface area contributed by atoms with E-state index in [1.807, 2.05) is 49.4 Å². The lowest BCUT2D eigenvalue weighted by Crippen LogP contribution is -2.29. The number of halogens is 2. The Hall–Kier alpha value is -1.39. The maximum Gasteiger partial charge on any atom is 0.125 e. The Morgan fingerprint density at radius 2 is 2.00 bits per heavy atom. The second kappa shape index (κ2) is 7.46. The van der Waals surface area contributed by atoms with Crippen LogP contribution in [0, 0.1) is 6.92 Å². The van der Waals surface area contributed by atoms with Crippen molar-refractivity contribution in [2.75, 3.05) is 0 Å². The molecule has 2 aromatic rings. The van der Waals surface area contributed by atoms with Crippen molar-refractivity contribution in [3.05, 3.63) is 93.2 Å². The van der Waals surface area contributed by atoms with Crippen molar-refractivity contribution in [1.82, 2.24) is 0 Å². The third kappa shape index (κ3) is 4.62. The van der Waals surface area contributed by atoms with E-state index in [0.717, 1.165) is 21.8 Å². The van der Waals surface area contributed by atoms with Gasteiger partial charge in [0.25, 0.3) is 0 Å². The largest absolute Gasteiger partial charge is 0.488 e. The van der Waals surface area contributed by atoms with Gasteiger partial charge in [-0.3, -0.25) is 0 Å². The van der Waals surface area contributed by atoms with Gasteiger partial charge in [-0.2, -0.15) is 10.9 Å². The van der Waals surface area contributed by atoms with Crippen LogP contribution in [0.15, 0.2) is 70.0 Å². The van der Waals surface area contributed by atoms with Crippen LogP contribution in [0.5, 0.6) is 0 Å². The smallest absolute Gasteiger partial charge is 0.125 e. The normalized spacial score (nSPS) is 18.3. The van der Waals surface area contributed by atoms with Crippen LogP contribution in [0.4, 0.5) is 0 Å². The molecule has 131 valence electrons. The molecule has 1 aliphatic heterocycles. The van der Waals surface area contributed by atoms with Crippen LogP contribution in [-0.4, -0.2) is 0 Å². The minimum atomic E-state index is -0.699. The fourth-order valence-electron chi connectivity index (χ4n) is 2.54. The zero-order chi connectivity index (χ0) is 18.0. The molecule has 1 radical (unpaired) electrons. The van der Waals surface area contributed by atoms with Crippen molar-refractivity contribution in [2.24, 2.45) is 5.73 Å². The number of benzene rings is 2. The maximum atomic E-state index is 6.39. The average Bonchev–Trinajstić information content (AvgIpc) is 3.01. The second-order valence-electron chi connectivity index (χ2n) is 6.25. The van der Waals surface area contributed by atoms with Gasteiger partial charge >= 0.3 is 0 Å². The minimum absolute atomic E-state index is 0.493. The van der Waals surface area contributed by atoms with E-state index in [-0.39, 0.29) is 0 Å². The first-order valence-corrected chi connectivity index (χ1v) is 10.1. The molecule has 2 N–H and O–H groups in total. The first-order chi connectivity index (χ1) is 11.8. The fraction of sp³-hybridized carbons (Fsp3) is 0.150. The molecule has 2 unspecified atom stereocenters. The van der Waals surface area contributed by atoms with E-state index < -0.39 is 16.4 Å². The minimum Gasteiger partial charge on any atom is -0.488 e. The zero-order valence-corrected chi connectivity index (χ0v) is 16.3. The monoisotopic (exact) mass is 392 g/mol. The highest BCUT2D eigenvalue weighted by Gasteiger charge is 2.19. The lowest BCUT2D eigenvalue weighted by molar-refractivity contribution is 0.212. The Morgan fingerprint density at radius 3 is 2.68 bits per heavy atom. The molecular weight excluding hydrogens is 373 g/mol. The number of ether oxygens (including phenoxy) is 1. The van der Waals surface area contributed by atoms with Crippen LogP contribution >= 0.6 is 34.1 Å². The van der Waals surface area contributed by atoms with Gasteiger partial charge < -0.3 is 10.5 Å². The molecule has 0 aliphatic carbocycles. The molecule has 0 aromatic heterocycles. The highest BCUT2D eigenvalue weighted by atomic mass is 35.5. The van der Waals surface area contributed by atoms with Crippen LogP contribution in [0.2, 0.25) is 10.0 Å². The number of hydrogen-bond donors (Lipinski definition) is 2. The Labute approximate surface area is 161 Å². The number of rotatable bonds is 5. The summed E-state index contributed by atoms with van der Waals surface area (Å²) in [6.45, 7) is 6.28. The standard InChI is InChI=1S/C20H20Cl2NOS/c1-20(2,23)18-7-6-17(11-19(18)22)25-9-8-16(13-25)24-12-14-4-3-5-15(21)10-14/h3-11,13,25H,1,12,23H2,2H3. The lowest BCUT2D eigenvalue weighted by Gasteiger charge is -2.22. The summed E-state index contributed by atoms with van der Waals surface area (Å²) in [6, 6.07) is 13.7. The van der Waals surface area contributed by atoms with Gasteiger partial charge in [0.1, 0.15) is 12.4 Å². The summed E-state index contributed by atoms with van der Waals surface area (Å²) < 4.78 is 5.87. The highest BCUT2D eigenvalue weighted by Crippen LogP contribution is 2.46. The molecule has 2 aromatic carbocycles. The van der Waals surface area contributed by atoms with Crippen LogP contribution in [0.3, 0.4) is 0 Å². The quantitative estimate of drug-likeness (QED) is 0.616. The molecule has 1 heterocycles. The molecule has 2 nitrogen and oxygen atoms in total. The Kier molecular flexibility index (Phi) is 5.49. The molecular formula is C20H20Cl2NOS. The van der Waals surface area contributed by atoms with Crippen LogP contribution in [-0.2, 0) is 16.9 Å². The van der Waals surface area contributed by atoms with E-state index in [4.69, 9.17) is 33.7 Å². The van der Waals surface area contributed by atoms with Crippen LogP contribution in [0.25, 0.3) is 0 Å². The van der Waals surface area contributed by atoms with Gasteiger partial charge in [0.05, 0.1) is 0 Å². The molecule has 1 aliphatic rings. The van der Waals surface area contributed by atoms with Crippen molar-refractivity contribution in [3.63, 3.8) is 0 Å². The summed E-state index contributed by atoms with van der Waals surface area (Å²) in [5, 5.41) is 5.65. The lowest BCUT2D eigenvalue weighted by atomic mass is 9.96. The molecule has 5 heteroatoms. The summed E-state index contributed by atoms with van der Waals surface area (Å²) >= 11 is 12.4. The van der Waals surface area contributed by atoms with E-state index in [1.54, 1.807) is 0 Å². The SMILES string of the molecule is [CH2]C(C)(N)c1ccc([SH]2C=CC(OCc3cccc(Cl)c3)=C2)cc1Cl. The summed E-state index contributed by atoms with van der Waals surface area (Å²) in [6.07, 6.45) is 2.01. The number of hydrogen-bond acceptors (Lipinski definition) is 2. The highest BCUT2D eigenvalue weighted by molar-refractivity contribution is 8.22. The molecule has 0 amide bonds. The predicted octanol–water partition coefficient (Wildman–Crippen LogP) is 5.95. The summed E-state index contributed by atoms with van der Waals surface area (Å²) in [7, 11) is -0.570. The van der Waals surface area contributed by atoms with Crippen molar-refractivity contribution >= 4 is 34.1 Å². The van der Waals surface area contributed by atoms with Gasteiger partial charge in [-0.15, -0.1) is 0 Å². The Balaban J connectivity index is 1.69. The number of thiol groups is 1. The number of nitrogens with two attached hydrogens (primary N) is 1. The van der Waals surface area contributed by atoms with Crippen molar-refractivity contribution in [2.45, 2.75) is 24.0 Å². The van der Waals surface area contributed by atoms with E-state index in [9.17, 15) is 0 Å². The first-order valence-electron chi connectivity index (χ1n) is 7.83. The van der Waals surface area contributed by atoms with Gasteiger partial charge in [-0.25, -0.2) is 0 Å². The van der Waals surface area contributed by atoms with Gasteiger partial charge in [0, 0.05) is 21.0 Å². The summed E-state index contributed by atoms with van der Waals surface area (Å²) in [5.41, 5.74) is 7.23. The van der Waals surface area contributed by atoms with Gasteiger partial charge in [-0.05, 0) is 65.6 Å². The van der Waals surface area contributed by atoms with Gasteiger partial charge in [0.15, 0.2) is 0 Å². The van der Waals surface area contributed by atoms with E-state index in [1.165, 1.54) is 0 Å². The number of allylic oxidation sites excluding steroid dienone is 1. The van der Waals surface area contributed by atoms with Crippen molar-refractivity contribution in [1.29, 1.82) is 0 Å². The van der Waals surface area contributed by atoms with E-state index >= 15 is 0 Å². The average molecular weight is 393 g/mol. The molecule has 0 bridgehead atoms. The zero-order valence-electron chi connectivity index (χ0n) is 13.9. The first kappa shape index (κ1) is 18.4. The van der Waals surface area contributed by atoms with E-state index in [2.05, 4.69) is 23.8 Å². The molecule has 3 rings (SSSR count). The predicted molar refractivity (Wildman–Crippen MR) is 109 cm³/mol. The molecule has 25 heavy (non-hydrogen) atoms. The summed E-state index contributed by atoms with van der Waals surface area (Å²) in [4.78, 5) is 1.16. The summed E-state index contributed by atoms with van der Waals surface area (Å²) in [5.74, 6) is 0.868. The third-order valence-electron chi connectivity index (χ3n) is 3.83. The van der Waals surface area contributed by atoms with Crippen LogP contribution < -0.4 is 5.73 Å². The topological polar surface area (TPSA) is 35.2 Å². The van der Waals surface area contributed by atoms with Crippen LogP contribution in [0.1, 0.15) is 18.1 Å². The van der Waals surface area contributed by atoms with Crippen molar-refractivity contribution in [3.8, 4) is 0 Å². The van der Waals surface area contributed by atoms with Gasteiger partial charge in [-0.1, -0.05) is 41.4 Å². The molecule has 0 saturated carbocycles. The Morgan fingerprint density at radius 1 is 1.20 bits per heavy atom. The Bertz CT molecular complexity index is 840.